The van der Waals surface area contributed by atoms with Gasteiger partial charge in [0.15, 0.2) is 9.84 Å². The van der Waals surface area contributed by atoms with Crippen LogP contribution in [0, 0.1) is 6.92 Å². The van der Waals surface area contributed by atoms with E-state index in [9.17, 15) is 8.42 Å². The molecular weight excluding hydrogens is 248 g/mol. The zero-order chi connectivity index (χ0) is 12.8. The highest BCUT2D eigenvalue weighted by Crippen LogP contribution is 2.28. The molecule has 0 aromatic carbocycles. The third-order valence-electron chi connectivity index (χ3n) is 3.58. The molecule has 3 heterocycles. The third-order valence-corrected chi connectivity index (χ3v) is 5.40. The van der Waals surface area contributed by atoms with Gasteiger partial charge in [-0.3, -0.25) is 0 Å². The summed E-state index contributed by atoms with van der Waals surface area (Å²) in [5, 5.41) is 0. The maximum Gasteiger partial charge on any atom is 0.150 e. The number of sulfone groups is 1. The van der Waals surface area contributed by atoms with Gasteiger partial charge in [0.05, 0.1) is 17.2 Å². The average Bonchev–Trinajstić information content (AvgIpc) is 2.73. The third kappa shape index (κ3) is 2.03. The highest BCUT2D eigenvalue weighted by Gasteiger charge is 2.27. The summed E-state index contributed by atoms with van der Waals surface area (Å²) in [5.41, 5.74) is 2.95. The number of fused-ring (bicyclic) bond motifs is 1. The summed E-state index contributed by atoms with van der Waals surface area (Å²) in [6, 6.07) is 4.00. The molecule has 0 saturated carbocycles. The van der Waals surface area contributed by atoms with Crippen LogP contribution in [0.15, 0.2) is 24.5 Å². The Bertz CT molecular complexity index is 688. The zero-order valence-corrected chi connectivity index (χ0v) is 11.2. The predicted molar refractivity (Wildman–Crippen MR) is 70.6 cm³/mol. The number of aryl methyl sites for hydroxylation is 1. The molecule has 18 heavy (non-hydrogen) atoms. The SMILES string of the molecule is Cc1cccn2cc(C3CCCS(=O)(=O)C3)nc12. The van der Waals surface area contributed by atoms with Crippen molar-refractivity contribution in [2.75, 3.05) is 11.5 Å². The fourth-order valence-corrected chi connectivity index (χ4v) is 4.35. The lowest BCUT2D eigenvalue weighted by atomic mass is 10.0. The van der Waals surface area contributed by atoms with Gasteiger partial charge < -0.3 is 4.40 Å². The quantitative estimate of drug-likeness (QED) is 0.791. The molecule has 2 aromatic heterocycles. The summed E-state index contributed by atoms with van der Waals surface area (Å²) in [7, 11) is -2.88. The highest BCUT2D eigenvalue weighted by atomic mass is 32.2. The van der Waals surface area contributed by atoms with E-state index in [1.54, 1.807) is 0 Å². The molecule has 2 aromatic rings. The Morgan fingerprint density at radius 1 is 1.44 bits per heavy atom. The number of aromatic nitrogens is 2. The number of pyridine rings is 1. The van der Waals surface area contributed by atoms with Gasteiger partial charge >= 0.3 is 0 Å². The lowest BCUT2D eigenvalue weighted by Crippen LogP contribution is -2.23. The largest absolute Gasteiger partial charge is 0.307 e. The first-order valence-corrected chi connectivity index (χ1v) is 8.02. The van der Waals surface area contributed by atoms with E-state index in [1.165, 1.54) is 0 Å². The number of rotatable bonds is 1. The molecule has 1 aliphatic heterocycles. The Balaban J connectivity index is 2.02. The van der Waals surface area contributed by atoms with Crippen LogP contribution in [0.1, 0.15) is 30.0 Å². The smallest absolute Gasteiger partial charge is 0.150 e. The fraction of sp³-hybridized carbons (Fsp3) is 0.462. The van der Waals surface area contributed by atoms with Crippen molar-refractivity contribution in [2.45, 2.75) is 25.7 Å². The normalized spacial score (nSPS) is 23.3. The summed E-state index contributed by atoms with van der Waals surface area (Å²) >= 11 is 0. The van der Waals surface area contributed by atoms with E-state index in [-0.39, 0.29) is 11.7 Å². The van der Waals surface area contributed by atoms with Crippen molar-refractivity contribution in [3.63, 3.8) is 0 Å². The molecule has 4 nitrogen and oxygen atoms in total. The number of hydrogen-bond donors (Lipinski definition) is 0. The molecule has 0 radical (unpaired) electrons. The van der Waals surface area contributed by atoms with Crippen LogP contribution in [0.3, 0.4) is 0 Å². The lowest BCUT2D eigenvalue weighted by molar-refractivity contribution is 0.550. The first-order valence-electron chi connectivity index (χ1n) is 6.20. The van der Waals surface area contributed by atoms with Gasteiger partial charge in [0.1, 0.15) is 5.65 Å². The van der Waals surface area contributed by atoms with Crippen molar-refractivity contribution < 1.29 is 8.42 Å². The van der Waals surface area contributed by atoms with Gasteiger partial charge in [0, 0.05) is 18.3 Å². The summed E-state index contributed by atoms with van der Waals surface area (Å²) in [6.45, 7) is 2.02. The minimum atomic E-state index is -2.88. The molecule has 1 aliphatic rings. The van der Waals surface area contributed by atoms with Crippen LogP contribution in [-0.4, -0.2) is 29.3 Å². The van der Waals surface area contributed by atoms with Crippen molar-refractivity contribution >= 4 is 15.5 Å². The Morgan fingerprint density at radius 3 is 3.00 bits per heavy atom. The maximum atomic E-state index is 11.7. The highest BCUT2D eigenvalue weighted by molar-refractivity contribution is 7.91. The van der Waals surface area contributed by atoms with Crippen LogP contribution in [0.4, 0.5) is 0 Å². The topological polar surface area (TPSA) is 51.4 Å². The molecule has 1 unspecified atom stereocenters. The van der Waals surface area contributed by atoms with Crippen LogP contribution >= 0.6 is 0 Å². The Kier molecular flexibility index (Phi) is 2.66. The Hall–Kier alpha value is -1.36. The van der Waals surface area contributed by atoms with Gasteiger partial charge in [0.2, 0.25) is 0 Å². The van der Waals surface area contributed by atoms with Crippen LogP contribution in [-0.2, 0) is 9.84 Å². The summed E-state index contributed by atoms with van der Waals surface area (Å²) in [4.78, 5) is 4.60. The van der Waals surface area contributed by atoms with E-state index in [2.05, 4.69) is 4.98 Å². The van der Waals surface area contributed by atoms with E-state index >= 15 is 0 Å². The number of nitrogens with zero attached hydrogens (tertiary/aromatic N) is 2. The maximum absolute atomic E-state index is 11.7. The fourth-order valence-electron chi connectivity index (χ4n) is 2.63. The molecule has 0 aliphatic carbocycles. The van der Waals surface area contributed by atoms with E-state index in [0.717, 1.165) is 29.7 Å². The molecule has 0 N–H and O–H groups in total. The molecule has 5 heteroatoms. The predicted octanol–water partition coefficient (Wildman–Crippen LogP) is 1.93. The zero-order valence-electron chi connectivity index (χ0n) is 10.3. The Morgan fingerprint density at radius 2 is 2.28 bits per heavy atom. The molecule has 0 bridgehead atoms. The van der Waals surface area contributed by atoms with E-state index in [4.69, 9.17) is 0 Å². The van der Waals surface area contributed by atoms with Gasteiger partial charge in [-0.15, -0.1) is 0 Å². The molecular formula is C13H16N2O2S. The lowest BCUT2D eigenvalue weighted by Gasteiger charge is -2.19. The van der Waals surface area contributed by atoms with Gasteiger partial charge in [-0.25, -0.2) is 13.4 Å². The first kappa shape index (κ1) is 11.7. The van der Waals surface area contributed by atoms with Crippen molar-refractivity contribution in [1.29, 1.82) is 0 Å². The average molecular weight is 264 g/mol. The minimum Gasteiger partial charge on any atom is -0.307 e. The van der Waals surface area contributed by atoms with Gasteiger partial charge in [-0.2, -0.15) is 0 Å². The Labute approximate surface area is 107 Å². The van der Waals surface area contributed by atoms with Gasteiger partial charge in [-0.1, -0.05) is 6.07 Å². The molecule has 96 valence electrons. The van der Waals surface area contributed by atoms with Crippen LogP contribution in [0.2, 0.25) is 0 Å². The second-order valence-electron chi connectivity index (χ2n) is 5.04. The summed E-state index contributed by atoms with van der Waals surface area (Å²) < 4.78 is 25.3. The van der Waals surface area contributed by atoms with Gasteiger partial charge in [-0.05, 0) is 31.4 Å². The van der Waals surface area contributed by atoms with Crippen molar-refractivity contribution in [2.24, 2.45) is 0 Å². The molecule has 1 saturated heterocycles. The van der Waals surface area contributed by atoms with Crippen molar-refractivity contribution in [3.05, 3.63) is 35.8 Å². The van der Waals surface area contributed by atoms with Gasteiger partial charge in [0.25, 0.3) is 0 Å². The molecule has 1 fully saturated rings. The number of hydrogen-bond acceptors (Lipinski definition) is 3. The van der Waals surface area contributed by atoms with Crippen LogP contribution in [0.5, 0.6) is 0 Å². The molecule has 3 rings (SSSR count). The van der Waals surface area contributed by atoms with E-state index in [0.29, 0.717) is 5.75 Å². The molecule has 0 spiro atoms. The molecule has 0 amide bonds. The second kappa shape index (κ2) is 4.09. The minimum absolute atomic E-state index is 0.0584. The van der Waals surface area contributed by atoms with Crippen molar-refractivity contribution in [1.82, 2.24) is 9.38 Å². The number of imidazole rings is 1. The molecule has 1 atom stereocenters. The first-order chi connectivity index (χ1) is 8.55. The standard InChI is InChI=1S/C13H16N2O2S/c1-10-4-2-6-15-8-12(14-13(10)15)11-5-3-7-18(16,17)9-11/h2,4,6,8,11H,3,5,7,9H2,1H3. The summed E-state index contributed by atoms with van der Waals surface area (Å²) in [6.07, 6.45) is 5.59. The summed E-state index contributed by atoms with van der Waals surface area (Å²) in [5.74, 6) is 0.634. The van der Waals surface area contributed by atoms with Crippen LogP contribution in [0.25, 0.3) is 5.65 Å². The van der Waals surface area contributed by atoms with Crippen molar-refractivity contribution in [3.8, 4) is 0 Å². The van der Waals surface area contributed by atoms with E-state index < -0.39 is 9.84 Å². The van der Waals surface area contributed by atoms with Crippen LogP contribution < -0.4 is 0 Å². The van der Waals surface area contributed by atoms with E-state index in [1.807, 2.05) is 35.9 Å². The monoisotopic (exact) mass is 264 g/mol. The second-order valence-corrected chi connectivity index (χ2v) is 7.27.